The highest BCUT2D eigenvalue weighted by Gasteiger charge is 2.31. The normalized spacial score (nSPS) is 12.8. The maximum atomic E-state index is 12.3. The number of thiophene rings is 1. The molecule has 2 N–H and O–H groups in total. The molecule has 0 fully saturated rings. The lowest BCUT2D eigenvalue weighted by molar-refractivity contribution is -0.274. The van der Waals surface area contributed by atoms with E-state index in [2.05, 4.69) is 4.74 Å². The van der Waals surface area contributed by atoms with Gasteiger partial charge in [0.2, 0.25) is 0 Å². The Bertz CT molecular complexity index is 698. The van der Waals surface area contributed by atoms with Crippen molar-refractivity contribution < 1.29 is 22.7 Å². The molecule has 1 aromatic carbocycles. The first-order valence-corrected chi connectivity index (χ1v) is 7.96. The van der Waals surface area contributed by atoms with Gasteiger partial charge < -0.3 is 15.4 Å². The Labute approximate surface area is 141 Å². The van der Waals surface area contributed by atoms with Crippen LogP contribution in [0.3, 0.4) is 0 Å². The van der Waals surface area contributed by atoms with Gasteiger partial charge in [0.25, 0.3) is 5.91 Å². The first-order chi connectivity index (χ1) is 11.2. The molecule has 8 heteroatoms. The largest absolute Gasteiger partial charge is 0.573 e. The van der Waals surface area contributed by atoms with E-state index in [4.69, 9.17) is 5.73 Å². The SMILES string of the molecule is CC(CN)N(C)C(=O)c1ccc(-c2ccc(OC(F)(F)F)cc2)s1. The Morgan fingerprint density at radius 3 is 2.42 bits per heavy atom. The number of rotatable bonds is 5. The molecule has 2 rings (SSSR count). The zero-order valence-electron chi connectivity index (χ0n) is 13.1. The third-order valence-corrected chi connectivity index (χ3v) is 4.63. The molecule has 1 heterocycles. The number of carbonyl (C=O) groups excluding carboxylic acids is 1. The standard InChI is InChI=1S/C16H17F3N2O2S/c1-10(9-20)21(2)15(22)14-8-7-13(24-14)11-3-5-12(6-4-11)23-16(17,18)19/h3-8,10H,9,20H2,1-2H3. The highest BCUT2D eigenvalue weighted by molar-refractivity contribution is 7.17. The topological polar surface area (TPSA) is 55.6 Å². The molecule has 0 aliphatic rings. The Morgan fingerprint density at radius 1 is 1.25 bits per heavy atom. The molecule has 0 radical (unpaired) electrons. The summed E-state index contributed by atoms with van der Waals surface area (Å²) in [5.41, 5.74) is 6.27. The minimum Gasteiger partial charge on any atom is -0.406 e. The van der Waals surface area contributed by atoms with Gasteiger partial charge in [0.1, 0.15) is 5.75 Å². The summed E-state index contributed by atoms with van der Waals surface area (Å²) >= 11 is 1.27. The molecule has 0 saturated heterocycles. The summed E-state index contributed by atoms with van der Waals surface area (Å²) in [7, 11) is 1.68. The van der Waals surface area contributed by atoms with E-state index in [1.807, 2.05) is 6.92 Å². The number of carbonyl (C=O) groups is 1. The van der Waals surface area contributed by atoms with Crippen molar-refractivity contribution in [1.82, 2.24) is 4.90 Å². The quantitative estimate of drug-likeness (QED) is 0.886. The predicted octanol–water partition coefficient (Wildman–Crippen LogP) is 3.73. The average Bonchev–Trinajstić information content (AvgIpc) is 3.01. The number of amides is 1. The van der Waals surface area contributed by atoms with E-state index in [9.17, 15) is 18.0 Å². The summed E-state index contributed by atoms with van der Waals surface area (Å²) in [6, 6.07) is 8.91. The van der Waals surface area contributed by atoms with Crippen LogP contribution < -0.4 is 10.5 Å². The molecular weight excluding hydrogens is 341 g/mol. The van der Waals surface area contributed by atoms with Gasteiger partial charge >= 0.3 is 6.36 Å². The van der Waals surface area contributed by atoms with E-state index in [1.54, 1.807) is 24.1 Å². The molecule has 0 aliphatic carbocycles. The lowest BCUT2D eigenvalue weighted by Crippen LogP contribution is -2.39. The maximum absolute atomic E-state index is 12.3. The number of likely N-dealkylation sites (N-methyl/N-ethyl adjacent to an activating group) is 1. The minimum atomic E-state index is -4.71. The van der Waals surface area contributed by atoms with Gasteiger partial charge in [-0.05, 0) is 48.9 Å². The van der Waals surface area contributed by atoms with E-state index in [0.29, 0.717) is 17.0 Å². The van der Waals surface area contributed by atoms with Crippen molar-refractivity contribution in [3.05, 3.63) is 41.3 Å². The number of hydrogen-bond donors (Lipinski definition) is 1. The summed E-state index contributed by atoms with van der Waals surface area (Å²) < 4.78 is 40.3. The summed E-state index contributed by atoms with van der Waals surface area (Å²) in [5, 5.41) is 0. The molecule has 24 heavy (non-hydrogen) atoms. The second-order valence-corrected chi connectivity index (χ2v) is 6.32. The number of alkyl halides is 3. The predicted molar refractivity (Wildman–Crippen MR) is 87.0 cm³/mol. The summed E-state index contributed by atoms with van der Waals surface area (Å²) in [6.07, 6.45) is -4.71. The summed E-state index contributed by atoms with van der Waals surface area (Å²) in [6.45, 7) is 2.22. The van der Waals surface area contributed by atoms with Crippen LogP contribution in [0.25, 0.3) is 10.4 Å². The second-order valence-electron chi connectivity index (χ2n) is 5.24. The van der Waals surface area contributed by atoms with Crippen LogP contribution in [-0.4, -0.2) is 36.8 Å². The van der Waals surface area contributed by atoms with E-state index in [0.717, 1.165) is 4.88 Å². The van der Waals surface area contributed by atoms with Gasteiger partial charge in [-0.15, -0.1) is 24.5 Å². The van der Waals surface area contributed by atoms with Crippen LogP contribution >= 0.6 is 11.3 Å². The maximum Gasteiger partial charge on any atom is 0.573 e. The van der Waals surface area contributed by atoms with Gasteiger partial charge in [-0.25, -0.2) is 0 Å². The number of halogens is 3. The molecule has 0 bridgehead atoms. The second kappa shape index (κ2) is 7.23. The highest BCUT2D eigenvalue weighted by Crippen LogP contribution is 2.31. The van der Waals surface area contributed by atoms with Crippen LogP contribution in [0.15, 0.2) is 36.4 Å². The molecule has 2 aromatic rings. The Balaban J connectivity index is 2.14. The van der Waals surface area contributed by atoms with Crippen LogP contribution in [0.1, 0.15) is 16.6 Å². The molecule has 0 aliphatic heterocycles. The van der Waals surface area contributed by atoms with Crippen molar-refractivity contribution in [2.75, 3.05) is 13.6 Å². The third kappa shape index (κ3) is 4.48. The first kappa shape index (κ1) is 18.3. The zero-order valence-corrected chi connectivity index (χ0v) is 13.9. The first-order valence-electron chi connectivity index (χ1n) is 7.14. The fraction of sp³-hybridized carbons (Fsp3) is 0.312. The molecule has 1 unspecified atom stereocenters. The molecule has 1 amide bonds. The van der Waals surface area contributed by atoms with Gasteiger partial charge in [-0.2, -0.15) is 0 Å². The molecule has 4 nitrogen and oxygen atoms in total. The molecule has 0 spiro atoms. The summed E-state index contributed by atoms with van der Waals surface area (Å²) in [5.74, 6) is -0.420. The Morgan fingerprint density at radius 2 is 1.88 bits per heavy atom. The van der Waals surface area contributed by atoms with Gasteiger partial charge in [-0.1, -0.05) is 0 Å². The van der Waals surface area contributed by atoms with Crippen LogP contribution in [-0.2, 0) is 0 Å². The number of ether oxygens (including phenoxy) is 1. The minimum absolute atomic E-state index is 0.0816. The lowest BCUT2D eigenvalue weighted by atomic mass is 10.2. The van der Waals surface area contributed by atoms with Crippen molar-refractivity contribution in [3.8, 4) is 16.2 Å². The van der Waals surface area contributed by atoms with Crippen LogP contribution in [0.4, 0.5) is 13.2 Å². The van der Waals surface area contributed by atoms with E-state index in [1.165, 1.54) is 35.6 Å². The van der Waals surface area contributed by atoms with Crippen molar-refractivity contribution in [1.29, 1.82) is 0 Å². The number of benzene rings is 1. The molecule has 130 valence electrons. The highest BCUT2D eigenvalue weighted by atomic mass is 32.1. The van der Waals surface area contributed by atoms with Crippen molar-refractivity contribution in [2.45, 2.75) is 19.3 Å². The fourth-order valence-electron chi connectivity index (χ4n) is 1.96. The Kier molecular flexibility index (Phi) is 5.51. The van der Waals surface area contributed by atoms with E-state index >= 15 is 0 Å². The Hall–Kier alpha value is -2.06. The van der Waals surface area contributed by atoms with Gasteiger partial charge in [-0.3, -0.25) is 4.79 Å². The summed E-state index contributed by atoms with van der Waals surface area (Å²) in [4.78, 5) is 15.2. The smallest absolute Gasteiger partial charge is 0.406 e. The van der Waals surface area contributed by atoms with E-state index in [-0.39, 0.29) is 17.7 Å². The zero-order chi connectivity index (χ0) is 17.9. The van der Waals surface area contributed by atoms with E-state index < -0.39 is 6.36 Å². The molecule has 1 atom stereocenters. The van der Waals surface area contributed by atoms with Gasteiger partial charge in [0.15, 0.2) is 0 Å². The number of nitrogens with two attached hydrogens (primary N) is 1. The molecular formula is C16H17F3N2O2S. The van der Waals surface area contributed by atoms with Gasteiger partial charge in [0.05, 0.1) is 4.88 Å². The van der Waals surface area contributed by atoms with Crippen LogP contribution in [0.2, 0.25) is 0 Å². The van der Waals surface area contributed by atoms with Crippen molar-refractivity contribution in [2.24, 2.45) is 5.73 Å². The van der Waals surface area contributed by atoms with Crippen LogP contribution in [0.5, 0.6) is 5.75 Å². The van der Waals surface area contributed by atoms with Crippen molar-refractivity contribution in [3.63, 3.8) is 0 Å². The van der Waals surface area contributed by atoms with Crippen LogP contribution in [0, 0.1) is 0 Å². The lowest BCUT2D eigenvalue weighted by Gasteiger charge is -2.22. The third-order valence-electron chi connectivity index (χ3n) is 3.51. The van der Waals surface area contributed by atoms with Crippen molar-refractivity contribution >= 4 is 17.2 Å². The average molecular weight is 358 g/mol. The number of nitrogens with zero attached hydrogens (tertiary/aromatic N) is 1. The fourth-order valence-corrected chi connectivity index (χ4v) is 2.96. The molecule has 0 saturated carbocycles. The van der Waals surface area contributed by atoms with Gasteiger partial charge in [0, 0.05) is 24.5 Å². The molecule has 1 aromatic heterocycles. The number of hydrogen-bond acceptors (Lipinski definition) is 4. The monoisotopic (exact) mass is 358 g/mol.